The van der Waals surface area contributed by atoms with Gasteiger partial charge in [0, 0.05) is 10.9 Å². The SMILES string of the molecule is Cc1nn(C(=O)OC(C)(C)C)c2cc(C#N)c(-c3c(F)cccc3OC(F)F)cc12. The topological polar surface area (TPSA) is 77.1 Å². The first-order valence-corrected chi connectivity index (χ1v) is 8.92. The molecule has 0 N–H and O–H groups in total. The van der Waals surface area contributed by atoms with Crippen molar-refractivity contribution in [2.45, 2.75) is 39.9 Å². The molecule has 9 heteroatoms. The minimum Gasteiger partial charge on any atom is -0.442 e. The number of fused-ring (bicyclic) bond motifs is 1. The number of benzene rings is 2. The van der Waals surface area contributed by atoms with Gasteiger partial charge in [0.1, 0.15) is 17.2 Å². The monoisotopic (exact) mass is 417 g/mol. The summed E-state index contributed by atoms with van der Waals surface area (Å²) in [5, 5.41) is 14.2. The third-order valence-corrected chi connectivity index (χ3v) is 4.15. The zero-order valence-corrected chi connectivity index (χ0v) is 16.7. The highest BCUT2D eigenvalue weighted by atomic mass is 19.3. The van der Waals surface area contributed by atoms with Gasteiger partial charge in [-0.25, -0.2) is 9.18 Å². The fourth-order valence-corrected chi connectivity index (χ4v) is 3.01. The normalized spacial score (nSPS) is 11.6. The Hall–Kier alpha value is -3.54. The van der Waals surface area contributed by atoms with Gasteiger partial charge in [0.05, 0.1) is 28.4 Å². The first kappa shape index (κ1) is 21.2. The number of hydrogen-bond acceptors (Lipinski definition) is 5. The highest BCUT2D eigenvalue weighted by Gasteiger charge is 2.24. The minimum atomic E-state index is -3.17. The number of aryl methyl sites for hydroxylation is 1. The van der Waals surface area contributed by atoms with Crippen LogP contribution >= 0.6 is 0 Å². The van der Waals surface area contributed by atoms with Gasteiger partial charge in [-0.05, 0) is 52.0 Å². The van der Waals surface area contributed by atoms with Gasteiger partial charge in [-0.2, -0.15) is 23.8 Å². The summed E-state index contributed by atoms with van der Waals surface area (Å²) in [6, 6.07) is 8.18. The van der Waals surface area contributed by atoms with E-state index in [4.69, 9.17) is 4.74 Å². The Morgan fingerprint density at radius 3 is 2.57 bits per heavy atom. The number of nitrogens with zero attached hydrogens (tertiary/aromatic N) is 3. The van der Waals surface area contributed by atoms with E-state index in [1.807, 2.05) is 6.07 Å². The molecular formula is C21H18F3N3O3. The Balaban J connectivity index is 2.25. The molecule has 0 unspecified atom stereocenters. The number of hydrogen-bond donors (Lipinski definition) is 0. The first-order valence-electron chi connectivity index (χ1n) is 8.92. The molecule has 0 atom stereocenters. The minimum absolute atomic E-state index is 0.0450. The van der Waals surface area contributed by atoms with Crippen LogP contribution in [-0.2, 0) is 4.74 Å². The molecule has 0 bridgehead atoms. The molecule has 0 aliphatic heterocycles. The quantitative estimate of drug-likeness (QED) is 0.570. The number of carbonyl (C=O) groups is 1. The molecular weight excluding hydrogens is 399 g/mol. The zero-order chi connectivity index (χ0) is 22.2. The molecule has 3 rings (SSSR count). The van der Waals surface area contributed by atoms with Gasteiger partial charge < -0.3 is 9.47 Å². The lowest BCUT2D eigenvalue weighted by molar-refractivity contribution is -0.0495. The highest BCUT2D eigenvalue weighted by molar-refractivity contribution is 5.95. The molecule has 3 aromatic rings. The average Bonchev–Trinajstić information content (AvgIpc) is 2.95. The van der Waals surface area contributed by atoms with Crippen molar-refractivity contribution in [3.05, 3.63) is 47.4 Å². The summed E-state index contributed by atoms with van der Waals surface area (Å²) in [4.78, 5) is 12.5. The van der Waals surface area contributed by atoms with Crippen molar-refractivity contribution < 1.29 is 27.4 Å². The molecule has 6 nitrogen and oxygen atoms in total. The number of ether oxygens (including phenoxy) is 2. The van der Waals surface area contributed by atoms with E-state index in [0.29, 0.717) is 11.1 Å². The van der Waals surface area contributed by atoms with Crippen molar-refractivity contribution in [2.75, 3.05) is 0 Å². The molecule has 0 fully saturated rings. The maximum Gasteiger partial charge on any atom is 0.435 e. The number of carbonyl (C=O) groups excluding carboxylic acids is 1. The summed E-state index contributed by atoms with van der Waals surface area (Å²) in [5.74, 6) is -1.24. The maximum absolute atomic E-state index is 14.6. The van der Waals surface area contributed by atoms with Crippen molar-refractivity contribution in [3.8, 4) is 22.9 Å². The van der Waals surface area contributed by atoms with Crippen LogP contribution in [0.15, 0.2) is 30.3 Å². The van der Waals surface area contributed by atoms with E-state index >= 15 is 0 Å². The number of rotatable bonds is 3. The first-order chi connectivity index (χ1) is 14.0. The van der Waals surface area contributed by atoms with Crippen molar-refractivity contribution in [1.82, 2.24) is 9.78 Å². The summed E-state index contributed by atoms with van der Waals surface area (Å²) in [7, 11) is 0. The second kappa shape index (κ2) is 7.71. The van der Waals surface area contributed by atoms with Crippen LogP contribution in [-0.4, -0.2) is 28.1 Å². The molecule has 0 saturated carbocycles. The fraction of sp³-hybridized carbons (Fsp3) is 0.286. The molecule has 1 heterocycles. The molecule has 0 aliphatic rings. The van der Waals surface area contributed by atoms with Gasteiger partial charge in [0.2, 0.25) is 0 Å². The summed E-state index contributed by atoms with van der Waals surface area (Å²) < 4.78 is 51.0. The van der Waals surface area contributed by atoms with Crippen molar-refractivity contribution in [3.63, 3.8) is 0 Å². The third-order valence-electron chi connectivity index (χ3n) is 4.15. The van der Waals surface area contributed by atoms with Gasteiger partial charge in [0.15, 0.2) is 0 Å². The zero-order valence-electron chi connectivity index (χ0n) is 16.7. The predicted molar refractivity (Wildman–Crippen MR) is 103 cm³/mol. The van der Waals surface area contributed by atoms with E-state index in [1.165, 1.54) is 24.3 Å². The van der Waals surface area contributed by atoms with Crippen LogP contribution in [0.25, 0.3) is 22.0 Å². The molecule has 0 saturated heterocycles. The molecule has 0 amide bonds. The molecule has 1 aromatic heterocycles. The smallest absolute Gasteiger partial charge is 0.435 e. The largest absolute Gasteiger partial charge is 0.442 e. The van der Waals surface area contributed by atoms with Crippen LogP contribution in [0.4, 0.5) is 18.0 Å². The Bertz CT molecular complexity index is 1170. The number of halogens is 3. The third kappa shape index (κ3) is 4.08. The van der Waals surface area contributed by atoms with Crippen molar-refractivity contribution in [2.24, 2.45) is 0 Å². The molecule has 0 spiro atoms. The standard InChI is InChI=1S/C21H18F3N3O3/c1-11-13-9-14(18-15(22)6-5-7-17(18)29-19(23)24)12(10-25)8-16(13)27(26-11)20(28)30-21(2,3)4/h5-9,19H,1-4H3. The van der Waals surface area contributed by atoms with Crippen molar-refractivity contribution >= 4 is 17.0 Å². The maximum atomic E-state index is 14.6. The predicted octanol–water partition coefficient (Wildman–Crippen LogP) is 5.41. The van der Waals surface area contributed by atoms with Gasteiger partial charge in [-0.1, -0.05) is 6.07 Å². The van der Waals surface area contributed by atoms with E-state index in [0.717, 1.165) is 10.7 Å². The Morgan fingerprint density at radius 1 is 1.27 bits per heavy atom. The van der Waals surface area contributed by atoms with Gasteiger partial charge in [-0.15, -0.1) is 0 Å². The van der Waals surface area contributed by atoms with E-state index in [-0.39, 0.29) is 22.2 Å². The number of aromatic nitrogens is 2. The number of nitriles is 1. The molecule has 2 aromatic carbocycles. The summed E-state index contributed by atoms with van der Waals surface area (Å²) in [6.45, 7) is 3.55. The second-order valence-electron chi connectivity index (χ2n) is 7.50. The Morgan fingerprint density at radius 2 is 1.97 bits per heavy atom. The summed E-state index contributed by atoms with van der Waals surface area (Å²) in [5.41, 5.74) is -0.359. The highest BCUT2D eigenvalue weighted by Crippen LogP contribution is 2.38. The van der Waals surface area contributed by atoms with E-state index in [1.54, 1.807) is 27.7 Å². The Kier molecular flexibility index (Phi) is 5.44. The van der Waals surface area contributed by atoms with E-state index < -0.39 is 29.9 Å². The molecule has 0 radical (unpaired) electrons. The fourth-order valence-electron chi connectivity index (χ4n) is 3.01. The lowest BCUT2D eigenvalue weighted by Gasteiger charge is -2.19. The van der Waals surface area contributed by atoms with Gasteiger partial charge >= 0.3 is 12.7 Å². The van der Waals surface area contributed by atoms with Crippen LogP contribution in [0.1, 0.15) is 32.0 Å². The Labute approximate surface area is 170 Å². The molecule has 156 valence electrons. The van der Waals surface area contributed by atoms with Crippen LogP contribution < -0.4 is 4.74 Å². The summed E-state index contributed by atoms with van der Waals surface area (Å²) >= 11 is 0. The average molecular weight is 417 g/mol. The van der Waals surface area contributed by atoms with Crippen LogP contribution in [0.3, 0.4) is 0 Å². The van der Waals surface area contributed by atoms with E-state index in [2.05, 4.69) is 9.84 Å². The second-order valence-corrected chi connectivity index (χ2v) is 7.50. The summed E-state index contributed by atoms with van der Waals surface area (Å²) in [6.07, 6.45) is -0.746. The lowest BCUT2D eigenvalue weighted by Crippen LogP contribution is -2.27. The van der Waals surface area contributed by atoms with Gasteiger partial charge in [0.25, 0.3) is 0 Å². The van der Waals surface area contributed by atoms with E-state index in [9.17, 15) is 23.2 Å². The molecule has 0 aliphatic carbocycles. The molecule has 30 heavy (non-hydrogen) atoms. The van der Waals surface area contributed by atoms with Crippen LogP contribution in [0.2, 0.25) is 0 Å². The van der Waals surface area contributed by atoms with Gasteiger partial charge in [-0.3, -0.25) is 0 Å². The van der Waals surface area contributed by atoms with Crippen LogP contribution in [0, 0.1) is 24.1 Å². The van der Waals surface area contributed by atoms with Crippen molar-refractivity contribution in [1.29, 1.82) is 5.26 Å². The number of alkyl halides is 2. The lowest BCUT2D eigenvalue weighted by atomic mass is 9.96. The van der Waals surface area contributed by atoms with Crippen LogP contribution in [0.5, 0.6) is 5.75 Å².